The molecule has 1 saturated heterocycles. The van der Waals surface area contributed by atoms with E-state index >= 15 is 0 Å². The van der Waals surface area contributed by atoms with E-state index in [1.165, 1.54) is 38.6 Å². The van der Waals surface area contributed by atoms with Crippen LogP contribution in [0.15, 0.2) is 0 Å². The molecule has 0 spiro atoms. The van der Waals surface area contributed by atoms with E-state index in [1.54, 1.807) is 0 Å². The van der Waals surface area contributed by atoms with E-state index in [4.69, 9.17) is 0 Å². The van der Waals surface area contributed by atoms with E-state index < -0.39 is 0 Å². The quantitative estimate of drug-likeness (QED) is 0.611. The first-order valence-electron chi connectivity index (χ1n) is 5.55. The molecule has 1 nitrogen and oxygen atoms in total. The summed E-state index contributed by atoms with van der Waals surface area (Å²) in [6, 6.07) is 1.73. The maximum absolute atomic E-state index is 2.74. The predicted octanol–water partition coefficient (Wildman–Crippen LogP) is 2.66. The zero-order chi connectivity index (χ0) is 8.55. The second kappa shape index (κ2) is 3.37. The van der Waals surface area contributed by atoms with Gasteiger partial charge in [0.2, 0.25) is 0 Å². The Hall–Kier alpha value is -0.0400. The van der Waals surface area contributed by atoms with E-state index in [0.717, 1.165) is 18.0 Å². The molecule has 1 unspecified atom stereocenters. The summed E-state index contributed by atoms with van der Waals surface area (Å²) in [5, 5.41) is 0. The predicted molar refractivity (Wildman–Crippen MR) is 52.2 cm³/mol. The molecule has 0 N–H and O–H groups in total. The standard InChI is InChI=1S/C11H21N/c1-9(2)12-8-4-3-5-11(12)10-6-7-10/h9-11H,3-8H2,1-2H3. The van der Waals surface area contributed by atoms with Crippen LogP contribution in [-0.2, 0) is 0 Å². The molecule has 1 aliphatic heterocycles. The molecule has 1 aliphatic carbocycles. The topological polar surface area (TPSA) is 3.24 Å². The SMILES string of the molecule is CC(C)N1CCCCC1C1CC1. The first-order chi connectivity index (χ1) is 5.79. The van der Waals surface area contributed by atoms with Gasteiger partial charge in [-0.15, -0.1) is 0 Å². The van der Waals surface area contributed by atoms with Gasteiger partial charge in [-0.3, -0.25) is 4.90 Å². The third-order valence-electron chi connectivity index (χ3n) is 3.42. The Balaban J connectivity index is 1.96. The number of likely N-dealkylation sites (tertiary alicyclic amines) is 1. The number of hydrogen-bond donors (Lipinski definition) is 0. The van der Waals surface area contributed by atoms with Gasteiger partial charge in [0.15, 0.2) is 0 Å². The van der Waals surface area contributed by atoms with E-state index in [1.807, 2.05) is 0 Å². The minimum Gasteiger partial charge on any atom is -0.298 e. The summed E-state index contributed by atoms with van der Waals surface area (Å²) in [6.07, 6.45) is 7.40. The molecular weight excluding hydrogens is 146 g/mol. The van der Waals surface area contributed by atoms with Crippen LogP contribution in [0.3, 0.4) is 0 Å². The molecule has 0 aromatic rings. The maximum Gasteiger partial charge on any atom is 0.0126 e. The average Bonchev–Trinajstić information content (AvgIpc) is 2.87. The lowest BCUT2D eigenvalue weighted by Crippen LogP contribution is -2.44. The molecule has 0 aromatic heterocycles. The normalized spacial score (nSPS) is 32.8. The molecule has 0 bridgehead atoms. The molecule has 2 fully saturated rings. The van der Waals surface area contributed by atoms with Gasteiger partial charge >= 0.3 is 0 Å². The van der Waals surface area contributed by atoms with Crippen molar-refractivity contribution in [2.45, 2.75) is 58.0 Å². The van der Waals surface area contributed by atoms with Crippen molar-refractivity contribution >= 4 is 0 Å². The van der Waals surface area contributed by atoms with E-state index in [0.29, 0.717) is 0 Å². The highest BCUT2D eigenvalue weighted by Gasteiger charge is 2.37. The summed E-state index contributed by atoms with van der Waals surface area (Å²) in [5.41, 5.74) is 0. The Morgan fingerprint density at radius 3 is 2.42 bits per heavy atom. The lowest BCUT2D eigenvalue weighted by atomic mass is 9.97. The molecule has 0 radical (unpaired) electrons. The monoisotopic (exact) mass is 167 g/mol. The van der Waals surface area contributed by atoms with Crippen molar-refractivity contribution in [3.63, 3.8) is 0 Å². The average molecular weight is 167 g/mol. The van der Waals surface area contributed by atoms with Gasteiger partial charge in [-0.25, -0.2) is 0 Å². The summed E-state index contributed by atoms with van der Waals surface area (Å²) in [6.45, 7) is 6.06. The molecule has 1 atom stereocenters. The fraction of sp³-hybridized carbons (Fsp3) is 1.00. The van der Waals surface area contributed by atoms with Crippen molar-refractivity contribution < 1.29 is 0 Å². The van der Waals surface area contributed by atoms with E-state index in [2.05, 4.69) is 18.7 Å². The number of rotatable bonds is 2. The van der Waals surface area contributed by atoms with E-state index in [9.17, 15) is 0 Å². The van der Waals surface area contributed by atoms with Crippen molar-refractivity contribution in [2.24, 2.45) is 5.92 Å². The molecule has 2 rings (SSSR count). The Morgan fingerprint density at radius 1 is 1.08 bits per heavy atom. The summed E-state index contributed by atoms with van der Waals surface area (Å²) < 4.78 is 0. The van der Waals surface area contributed by atoms with Crippen molar-refractivity contribution in [1.29, 1.82) is 0 Å². The van der Waals surface area contributed by atoms with Crippen LogP contribution in [-0.4, -0.2) is 23.5 Å². The van der Waals surface area contributed by atoms with E-state index in [-0.39, 0.29) is 0 Å². The third kappa shape index (κ3) is 1.66. The molecule has 70 valence electrons. The highest BCUT2D eigenvalue weighted by Crippen LogP contribution is 2.39. The fourth-order valence-corrected chi connectivity index (χ4v) is 2.61. The Morgan fingerprint density at radius 2 is 1.83 bits per heavy atom. The van der Waals surface area contributed by atoms with Gasteiger partial charge in [0.1, 0.15) is 0 Å². The Kier molecular flexibility index (Phi) is 2.40. The molecule has 12 heavy (non-hydrogen) atoms. The Labute approximate surface area is 76.1 Å². The van der Waals surface area contributed by atoms with Crippen LogP contribution in [0.4, 0.5) is 0 Å². The molecule has 0 amide bonds. The largest absolute Gasteiger partial charge is 0.298 e. The highest BCUT2D eigenvalue weighted by molar-refractivity contribution is 4.91. The Bertz CT molecular complexity index is 139. The summed E-state index contributed by atoms with van der Waals surface area (Å²) >= 11 is 0. The first-order valence-corrected chi connectivity index (χ1v) is 5.55. The number of piperidine rings is 1. The number of hydrogen-bond acceptors (Lipinski definition) is 1. The van der Waals surface area contributed by atoms with Crippen LogP contribution in [0.2, 0.25) is 0 Å². The van der Waals surface area contributed by atoms with Gasteiger partial charge in [0.25, 0.3) is 0 Å². The van der Waals surface area contributed by atoms with Crippen LogP contribution in [0, 0.1) is 5.92 Å². The van der Waals surface area contributed by atoms with Gasteiger partial charge < -0.3 is 0 Å². The smallest absolute Gasteiger partial charge is 0.0126 e. The molecule has 2 aliphatic rings. The zero-order valence-corrected chi connectivity index (χ0v) is 8.42. The van der Waals surface area contributed by atoms with Gasteiger partial charge in [-0.2, -0.15) is 0 Å². The highest BCUT2D eigenvalue weighted by atomic mass is 15.2. The zero-order valence-electron chi connectivity index (χ0n) is 8.42. The van der Waals surface area contributed by atoms with Gasteiger partial charge in [-0.05, 0) is 52.0 Å². The third-order valence-corrected chi connectivity index (χ3v) is 3.42. The maximum atomic E-state index is 2.74. The minimum atomic E-state index is 0.774. The molecular formula is C11H21N. The summed E-state index contributed by atoms with van der Waals surface area (Å²) in [4.78, 5) is 2.74. The van der Waals surface area contributed by atoms with Crippen LogP contribution in [0.5, 0.6) is 0 Å². The molecule has 0 aromatic carbocycles. The number of nitrogens with zero attached hydrogens (tertiary/aromatic N) is 1. The van der Waals surface area contributed by atoms with Crippen molar-refractivity contribution in [2.75, 3.05) is 6.54 Å². The van der Waals surface area contributed by atoms with Crippen molar-refractivity contribution in [1.82, 2.24) is 4.90 Å². The molecule has 1 heterocycles. The minimum absolute atomic E-state index is 0.774. The van der Waals surface area contributed by atoms with Crippen molar-refractivity contribution in [3.8, 4) is 0 Å². The lowest BCUT2D eigenvalue weighted by molar-refractivity contribution is 0.0968. The molecule has 1 saturated carbocycles. The first kappa shape index (κ1) is 8.55. The molecule has 1 heteroatoms. The van der Waals surface area contributed by atoms with Gasteiger partial charge in [-0.1, -0.05) is 6.42 Å². The van der Waals surface area contributed by atoms with Crippen molar-refractivity contribution in [3.05, 3.63) is 0 Å². The second-order valence-corrected chi connectivity index (χ2v) is 4.73. The second-order valence-electron chi connectivity index (χ2n) is 4.73. The summed E-state index contributed by atoms with van der Waals surface area (Å²) in [7, 11) is 0. The van der Waals surface area contributed by atoms with Gasteiger partial charge in [0, 0.05) is 12.1 Å². The lowest BCUT2D eigenvalue weighted by Gasteiger charge is -2.38. The van der Waals surface area contributed by atoms with Crippen LogP contribution >= 0.6 is 0 Å². The van der Waals surface area contributed by atoms with Gasteiger partial charge in [0.05, 0.1) is 0 Å². The van der Waals surface area contributed by atoms with Crippen LogP contribution in [0.25, 0.3) is 0 Å². The fourth-order valence-electron chi connectivity index (χ4n) is 2.61. The summed E-state index contributed by atoms with van der Waals surface area (Å²) in [5.74, 6) is 1.08. The van der Waals surface area contributed by atoms with Crippen LogP contribution in [0.1, 0.15) is 46.0 Å². The van der Waals surface area contributed by atoms with Crippen LogP contribution < -0.4 is 0 Å².